The first kappa shape index (κ1) is 15.6. The molecule has 0 spiro atoms. The molecule has 1 aliphatic rings. The van der Waals surface area contributed by atoms with Crippen molar-refractivity contribution < 1.29 is 4.79 Å². The maximum atomic E-state index is 12.6. The first-order chi connectivity index (χ1) is 10.6. The van der Waals surface area contributed by atoms with E-state index in [1.165, 1.54) is 34.1 Å². The number of rotatable bonds is 3. The molecule has 22 heavy (non-hydrogen) atoms. The molecule has 1 atom stereocenters. The Balaban J connectivity index is 1.94. The van der Waals surface area contributed by atoms with E-state index in [2.05, 4.69) is 11.9 Å². The molecule has 118 valence electrons. The lowest BCUT2D eigenvalue weighted by Crippen LogP contribution is -2.44. The van der Waals surface area contributed by atoms with Gasteiger partial charge >= 0.3 is 0 Å². The molecular formula is C15H19N3O2S2. The number of piperidine rings is 1. The summed E-state index contributed by atoms with van der Waals surface area (Å²) in [5.41, 5.74) is 0.608. The summed E-state index contributed by atoms with van der Waals surface area (Å²) in [6.07, 6.45) is 5.13. The maximum absolute atomic E-state index is 12.6. The predicted molar refractivity (Wildman–Crippen MR) is 90.7 cm³/mol. The van der Waals surface area contributed by atoms with Crippen molar-refractivity contribution >= 4 is 39.2 Å². The van der Waals surface area contributed by atoms with E-state index in [1.807, 2.05) is 22.6 Å². The minimum absolute atomic E-state index is 0.0160. The van der Waals surface area contributed by atoms with Crippen LogP contribution in [0.5, 0.6) is 0 Å². The summed E-state index contributed by atoms with van der Waals surface area (Å²) >= 11 is 2.78. The Morgan fingerprint density at radius 1 is 1.50 bits per heavy atom. The third-order valence-electron chi connectivity index (χ3n) is 4.13. The molecule has 7 heteroatoms. The standard InChI is InChI=1S/C15H19N3O2S2/c1-10-5-3-4-7-17(10)12(19)9-18-14(20)13-11(6-8-22-13)16-15(18)21-2/h6,8,10H,3-5,7,9H2,1-2H3/t10-/m0/s1. The van der Waals surface area contributed by atoms with E-state index in [4.69, 9.17) is 0 Å². The normalized spacial score (nSPS) is 18.8. The van der Waals surface area contributed by atoms with Gasteiger partial charge in [0.05, 0.1) is 5.52 Å². The van der Waals surface area contributed by atoms with Crippen LogP contribution in [0.15, 0.2) is 21.4 Å². The van der Waals surface area contributed by atoms with Gasteiger partial charge in [0.15, 0.2) is 5.16 Å². The van der Waals surface area contributed by atoms with E-state index in [0.717, 1.165) is 24.9 Å². The van der Waals surface area contributed by atoms with Crippen LogP contribution in [0.4, 0.5) is 0 Å². The monoisotopic (exact) mass is 337 g/mol. The summed E-state index contributed by atoms with van der Waals surface area (Å²) < 4.78 is 2.14. The highest BCUT2D eigenvalue weighted by atomic mass is 32.2. The van der Waals surface area contributed by atoms with Crippen molar-refractivity contribution in [3.63, 3.8) is 0 Å². The average molecular weight is 337 g/mol. The van der Waals surface area contributed by atoms with E-state index in [-0.39, 0.29) is 24.1 Å². The largest absolute Gasteiger partial charge is 0.338 e. The summed E-state index contributed by atoms with van der Waals surface area (Å²) in [5, 5.41) is 2.47. The van der Waals surface area contributed by atoms with E-state index in [9.17, 15) is 9.59 Å². The fourth-order valence-electron chi connectivity index (χ4n) is 2.91. The number of aromatic nitrogens is 2. The van der Waals surface area contributed by atoms with Gasteiger partial charge in [-0.2, -0.15) is 0 Å². The van der Waals surface area contributed by atoms with Crippen LogP contribution in [0.3, 0.4) is 0 Å². The van der Waals surface area contributed by atoms with Crippen LogP contribution in [0, 0.1) is 0 Å². The van der Waals surface area contributed by atoms with Gasteiger partial charge in [-0.1, -0.05) is 11.8 Å². The molecule has 5 nitrogen and oxygen atoms in total. The van der Waals surface area contributed by atoms with Crippen molar-refractivity contribution in [1.29, 1.82) is 0 Å². The Hall–Kier alpha value is -1.34. The molecule has 0 N–H and O–H groups in total. The minimum Gasteiger partial charge on any atom is -0.338 e. The van der Waals surface area contributed by atoms with Crippen molar-refractivity contribution in [2.24, 2.45) is 0 Å². The molecule has 1 fully saturated rings. The number of fused-ring (bicyclic) bond motifs is 1. The van der Waals surface area contributed by atoms with E-state index in [0.29, 0.717) is 9.86 Å². The van der Waals surface area contributed by atoms with Crippen molar-refractivity contribution in [2.75, 3.05) is 12.8 Å². The minimum atomic E-state index is -0.109. The van der Waals surface area contributed by atoms with Gasteiger partial charge in [0.1, 0.15) is 11.2 Å². The Morgan fingerprint density at radius 2 is 2.32 bits per heavy atom. The highest BCUT2D eigenvalue weighted by Crippen LogP contribution is 2.21. The summed E-state index contributed by atoms with van der Waals surface area (Å²) in [4.78, 5) is 31.6. The zero-order valence-electron chi connectivity index (χ0n) is 12.7. The van der Waals surface area contributed by atoms with Gasteiger partial charge in [0.25, 0.3) is 5.56 Å². The van der Waals surface area contributed by atoms with Gasteiger partial charge in [-0.3, -0.25) is 14.2 Å². The highest BCUT2D eigenvalue weighted by Gasteiger charge is 2.24. The molecule has 0 aliphatic carbocycles. The van der Waals surface area contributed by atoms with Crippen molar-refractivity contribution in [3.8, 4) is 0 Å². The summed E-state index contributed by atoms with van der Waals surface area (Å²) in [6.45, 7) is 2.95. The van der Waals surface area contributed by atoms with Gasteiger partial charge in [-0.05, 0) is 43.9 Å². The predicted octanol–water partition coefficient (Wildman–Crippen LogP) is 2.58. The van der Waals surface area contributed by atoms with Gasteiger partial charge < -0.3 is 4.90 Å². The lowest BCUT2D eigenvalue weighted by atomic mass is 10.0. The topological polar surface area (TPSA) is 55.2 Å². The molecule has 2 aromatic rings. The van der Waals surface area contributed by atoms with E-state index in [1.54, 1.807) is 0 Å². The number of carbonyl (C=O) groups excluding carboxylic acids is 1. The summed E-state index contributed by atoms with van der Waals surface area (Å²) in [5.74, 6) is 0.0160. The second-order valence-electron chi connectivity index (χ2n) is 5.56. The average Bonchev–Trinajstić information content (AvgIpc) is 2.98. The van der Waals surface area contributed by atoms with E-state index < -0.39 is 0 Å². The molecule has 0 aromatic carbocycles. The molecule has 1 saturated heterocycles. The number of amides is 1. The summed E-state index contributed by atoms with van der Waals surface area (Å²) in [7, 11) is 0. The highest BCUT2D eigenvalue weighted by molar-refractivity contribution is 7.98. The van der Waals surface area contributed by atoms with Crippen LogP contribution < -0.4 is 5.56 Å². The second-order valence-corrected chi connectivity index (χ2v) is 7.25. The van der Waals surface area contributed by atoms with Crippen molar-refractivity contribution in [1.82, 2.24) is 14.5 Å². The molecule has 0 unspecified atom stereocenters. The van der Waals surface area contributed by atoms with E-state index >= 15 is 0 Å². The molecular weight excluding hydrogens is 318 g/mol. The Morgan fingerprint density at radius 3 is 3.05 bits per heavy atom. The Kier molecular flexibility index (Phi) is 4.54. The number of hydrogen-bond donors (Lipinski definition) is 0. The van der Waals surface area contributed by atoms with Gasteiger partial charge in [-0.15, -0.1) is 11.3 Å². The summed E-state index contributed by atoms with van der Waals surface area (Å²) in [6, 6.07) is 2.10. The molecule has 1 aliphatic heterocycles. The second kappa shape index (κ2) is 6.42. The molecule has 0 saturated carbocycles. The van der Waals surface area contributed by atoms with Gasteiger partial charge in [0.2, 0.25) is 5.91 Å². The third kappa shape index (κ3) is 2.79. The quantitative estimate of drug-likeness (QED) is 0.638. The van der Waals surface area contributed by atoms with Gasteiger partial charge in [0, 0.05) is 12.6 Å². The van der Waals surface area contributed by atoms with Crippen LogP contribution in [-0.2, 0) is 11.3 Å². The Labute approximate surface area is 137 Å². The lowest BCUT2D eigenvalue weighted by Gasteiger charge is -2.33. The molecule has 3 rings (SSSR count). The molecule has 2 aromatic heterocycles. The number of likely N-dealkylation sites (tertiary alicyclic amines) is 1. The maximum Gasteiger partial charge on any atom is 0.272 e. The third-order valence-corrected chi connectivity index (χ3v) is 5.70. The fraction of sp³-hybridized carbons (Fsp3) is 0.533. The number of hydrogen-bond acceptors (Lipinski definition) is 5. The van der Waals surface area contributed by atoms with Gasteiger partial charge in [-0.25, -0.2) is 4.98 Å². The SMILES string of the molecule is CSc1nc2ccsc2c(=O)n1CC(=O)N1CCCC[C@@H]1C. The Bertz CT molecular complexity index is 753. The van der Waals surface area contributed by atoms with Crippen LogP contribution in [-0.4, -0.2) is 39.2 Å². The lowest BCUT2D eigenvalue weighted by molar-refractivity contribution is -0.135. The van der Waals surface area contributed by atoms with Crippen LogP contribution in [0.25, 0.3) is 10.2 Å². The molecule has 0 radical (unpaired) electrons. The first-order valence-electron chi connectivity index (χ1n) is 7.43. The smallest absolute Gasteiger partial charge is 0.272 e. The molecule has 3 heterocycles. The number of carbonyl (C=O) groups is 1. The zero-order valence-corrected chi connectivity index (χ0v) is 14.4. The van der Waals surface area contributed by atoms with Crippen molar-refractivity contribution in [3.05, 3.63) is 21.8 Å². The fourth-order valence-corrected chi connectivity index (χ4v) is 4.25. The first-order valence-corrected chi connectivity index (χ1v) is 9.53. The van der Waals surface area contributed by atoms with Crippen LogP contribution >= 0.6 is 23.1 Å². The van der Waals surface area contributed by atoms with Crippen molar-refractivity contribution in [2.45, 2.75) is 43.9 Å². The zero-order chi connectivity index (χ0) is 15.7. The van der Waals surface area contributed by atoms with Crippen LogP contribution in [0.1, 0.15) is 26.2 Å². The number of nitrogens with zero attached hydrogens (tertiary/aromatic N) is 3. The number of thiophene rings is 1. The molecule has 1 amide bonds. The number of thioether (sulfide) groups is 1. The van der Waals surface area contributed by atoms with Crippen LogP contribution in [0.2, 0.25) is 0 Å². The molecule has 0 bridgehead atoms.